The number of ether oxygens (including phenoxy) is 3. The minimum atomic E-state index is -0.804. The Labute approximate surface area is 476 Å². The van der Waals surface area contributed by atoms with Gasteiger partial charge in [-0.3, -0.25) is 14.4 Å². The second-order valence-electron chi connectivity index (χ2n) is 21.3. The summed E-state index contributed by atoms with van der Waals surface area (Å²) in [5.74, 6) is -0.932. The van der Waals surface area contributed by atoms with Gasteiger partial charge in [-0.25, -0.2) is 0 Å². The third-order valence-corrected chi connectivity index (χ3v) is 13.8. The van der Waals surface area contributed by atoms with Gasteiger partial charge in [0.15, 0.2) is 6.10 Å². The number of carbonyl (C=O) groups is 3. The summed E-state index contributed by atoms with van der Waals surface area (Å²) in [7, 11) is 0. The molecule has 77 heavy (non-hydrogen) atoms. The molecule has 0 bridgehead atoms. The molecule has 440 valence electrons. The second kappa shape index (κ2) is 64.6. The average Bonchev–Trinajstić information content (AvgIpc) is 3.43. The van der Waals surface area contributed by atoms with Gasteiger partial charge < -0.3 is 14.2 Å². The van der Waals surface area contributed by atoms with Crippen molar-refractivity contribution in [1.29, 1.82) is 0 Å². The van der Waals surface area contributed by atoms with Crippen LogP contribution < -0.4 is 0 Å². The number of esters is 3. The van der Waals surface area contributed by atoms with Crippen molar-refractivity contribution < 1.29 is 28.6 Å². The Bertz CT molecular complexity index is 1560. The summed E-state index contributed by atoms with van der Waals surface area (Å²) in [6, 6.07) is 0. The molecule has 1 atom stereocenters. The van der Waals surface area contributed by atoms with Gasteiger partial charge in [0.1, 0.15) is 13.2 Å². The van der Waals surface area contributed by atoms with Crippen LogP contribution in [-0.2, 0) is 28.6 Å². The van der Waals surface area contributed by atoms with Gasteiger partial charge in [0.2, 0.25) is 0 Å². The molecule has 0 spiro atoms. The monoisotopic (exact) mass is 1070 g/mol. The van der Waals surface area contributed by atoms with Crippen molar-refractivity contribution in [3.05, 3.63) is 109 Å². The van der Waals surface area contributed by atoms with Gasteiger partial charge in [0.25, 0.3) is 0 Å². The Morgan fingerprint density at radius 3 is 0.805 bits per heavy atom. The van der Waals surface area contributed by atoms with Crippen LogP contribution in [0.1, 0.15) is 303 Å². The molecule has 0 fully saturated rings. The molecule has 0 aliphatic rings. The van der Waals surface area contributed by atoms with Crippen LogP contribution in [0.4, 0.5) is 0 Å². The van der Waals surface area contributed by atoms with Gasteiger partial charge in [-0.15, -0.1) is 0 Å². The zero-order valence-corrected chi connectivity index (χ0v) is 50.4. The first-order valence-electron chi connectivity index (χ1n) is 32.4. The molecule has 0 N–H and O–H groups in total. The van der Waals surface area contributed by atoms with Crippen LogP contribution in [0, 0.1) is 0 Å². The fraction of sp³-hybridized carbons (Fsp3) is 0.704. The molecule has 0 aliphatic carbocycles. The number of hydrogen-bond acceptors (Lipinski definition) is 6. The third-order valence-electron chi connectivity index (χ3n) is 13.8. The Kier molecular flexibility index (Phi) is 61.3. The number of hydrogen-bond donors (Lipinski definition) is 0. The quantitative estimate of drug-likeness (QED) is 0.0261. The van der Waals surface area contributed by atoms with Crippen molar-refractivity contribution in [2.75, 3.05) is 13.2 Å². The van der Waals surface area contributed by atoms with Crippen LogP contribution in [0.5, 0.6) is 0 Å². The topological polar surface area (TPSA) is 78.9 Å². The molecule has 0 aromatic carbocycles. The smallest absolute Gasteiger partial charge is 0.306 e. The normalized spacial score (nSPS) is 12.8. The molecule has 0 radical (unpaired) electrons. The summed E-state index contributed by atoms with van der Waals surface area (Å²) in [5, 5.41) is 0. The van der Waals surface area contributed by atoms with E-state index in [2.05, 4.69) is 130 Å². The van der Waals surface area contributed by atoms with Crippen molar-refractivity contribution >= 4 is 17.9 Å². The van der Waals surface area contributed by atoms with Gasteiger partial charge >= 0.3 is 17.9 Å². The van der Waals surface area contributed by atoms with Crippen LogP contribution in [0.2, 0.25) is 0 Å². The maximum atomic E-state index is 12.9. The predicted octanol–water partition coefficient (Wildman–Crippen LogP) is 22.2. The zero-order valence-electron chi connectivity index (χ0n) is 50.4. The van der Waals surface area contributed by atoms with Crippen LogP contribution in [0.15, 0.2) is 109 Å². The summed E-state index contributed by atoms with van der Waals surface area (Å²) in [4.78, 5) is 38.4. The van der Waals surface area contributed by atoms with E-state index in [1.54, 1.807) is 0 Å². The lowest BCUT2D eigenvalue weighted by Gasteiger charge is -2.18. The molecule has 0 amide bonds. The van der Waals surface area contributed by atoms with Gasteiger partial charge in [-0.2, -0.15) is 0 Å². The highest BCUT2D eigenvalue weighted by atomic mass is 16.6. The molecule has 0 aromatic rings. The minimum Gasteiger partial charge on any atom is -0.462 e. The maximum Gasteiger partial charge on any atom is 0.306 e. The predicted molar refractivity (Wildman–Crippen MR) is 334 cm³/mol. The maximum absolute atomic E-state index is 12.9. The van der Waals surface area contributed by atoms with E-state index in [4.69, 9.17) is 14.2 Å². The van der Waals surface area contributed by atoms with Gasteiger partial charge in [-0.05, 0) is 103 Å². The SMILES string of the molecule is CC/C=C\C/C=C\C/C=C\C/C=C\C/C=C\CCCCCC(=O)OC(COC(=O)CCCCCCCC/C=C\C/C=C\C/C=C\C/C=C\CC)COC(=O)CCCCCCCCCCCCCCCCCCCCCCC. The first-order chi connectivity index (χ1) is 38.0. The first kappa shape index (κ1) is 73.1. The lowest BCUT2D eigenvalue weighted by atomic mass is 10.0. The van der Waals surface area contributed by atoms with Crippen LogP contribution in [-0.4, -0.2) is 37.2 Å². The van der Waals surface area contributed by atoms with E-state index < -0.39 is 6.10 Å². The van der Waals surface area contributed by atoms with Crippen molar-refractivity contribution in [2.45, 2.75) is 309 Å². The standard InChI is InChI=1S/C71H120O6/c1-4-7-10-13-16-19-22-25-28-31-34-35-38-40-43-46-49-52-55-58-61-64-70(73)76-67-68(77-71(74)65-62-59-56-53-50-47-44-41-37-33-30-27-24-21-18-15-12-9-6-3)66-75-69(72)63-60-57-54-51-48-45-42-39-36-32-29-26-23-20-17-14-11-8-5-2/h8-9,11-12,17-18,20-21,26-27,29-30,36-37,39,41,47,50,68H,4-7,10,13-16,19,22-25,28,31-35,38,40,42-46,48-49,51-67H2,1-3H3/b11-8-,12-9-,20-17-,21-18-,29-26-,30-27-,39-36-,41-37-,50-47-. The highest BCUT2D eigenvalue weighted by Gasteiger charge is 2.19. The highest BCUT2D eigenvalue weighted by Crippen LogP contribution is 2.17. The van der Waals surface area contributed by atoms with E-state index in [0.29, 0.717) is 12.8 Å². The summed E-state index contributed by atoms with van der Waals surface area (Å²) < 4.78 is 16.9. The first-order valence-corrected chi connectivity index (χ1v) is 32.4. The summed E-state index contributed by atoms with van der Waals surface area (Å²) in [6.45, 7) is 6.41. The molecule has 6 nitrogen and oxygen atoms in total. The highest BCUT2D eigenvalue weighted by molar-refractivity contribution is 5.71. The van der Waals surface area contributed by atoms with Gasteiger partial charge in [-0.1, -0.05) is 291 Å². The van der Waals surface area contributed by atoms with Crippen LogP contribution in [0.3, 0.4) is 0 Å². The Morgan fingerprint density at radius 2 is 0.506 bits per heavy atom. The zero-order chi connectivity index (χ0) is 55.7. The molecule has 0 rings (SSSR count). The summed E-state index contributed by atoms with van der Waals surface area (Å²) in [5.41, 5.74) is 0. The fourth-order valence-corrected chi connectivity index (χ4v) is 8.99. The number of unbranched alkanes of at least 4 members (excludes halogenated alkanes) is 29. The second-order valence-corrected chi connectivity index (χ2v) is 21.3. The van der Waals surface area contributed by atoms with E-state index in [1.165, 1.54) is 128 Å². The van der Waals surface area contributed by atoms with E-state index in [-0.39, 0.29) is 37.5 Å². The largest absolute Gasteiger partial charge is 0.462 e. The Hall–Kier alpha value is -3.93. The van der Waals surface area contributed by atoms with Crippen molar-refractivity contribution in [2.24, 2.45) is 0 Å². The van der Waals surface area contributed by atoms with E-state index in [9.17, 15) is 14.4 Å². The Morgan fingerprint density at radius 1 is 0.273 bits per heavy atom. The van der Waals surface area contributed by atoms with Crippen molar-refractivity contribution in [3.8, 4) is 0 Å². The molecule has 0 heterocycles. The number of rotatable bonds is 58. The molecule has 0 aromatic heterocycles. The van der Waals surface area contributed by atoms with Crippen molar-refractivity contribution in [3.63, 3.8) is 0 Å². The third kappa shape index (κ3) is 62.8. The van der Waals surface area contributed by atoms with Crippen LogP contribution >= 0.6 is 0 Å². The number of allylic oxidation sites excluding steroid dienone is 18. The Balaban J connectivity index is 4.44. The van der Waals surface area contributed by atoms with Gasteiger partial charge in [0, 0.05) is 19.3 Å². The molecule has 1 unspecified atom stereocenters. The lowest BCUT2D eigenvalue weighted by Crippen LogP contribution is -2.30. The molecule has 0 saturated carbocycles. The fourth-order valence-electron chi connectivity index (χ4n) is 8.99. The molecular formula is C71H120O6. The van der Waals surface area contributed by atoms with E-state index in [0.717, 1.165) is 135 Å². The van der Waals surface area contributed by atoms with E-state index >= 15 is 0 Å². The summed E-state index contributed by atoms with van der Waals surface area (Å²) in [6.07, 6.45) is 88.1. The summed E-state index contributed by atoms with van der Waals surface area (Å²) >= 11 is 0. The number of carbonyl (C=O) groups excluding carboxylic acids is 3. The molecule has 0 aliphatic heterocycles. The van der Waals surface area contributed by atoms with Crippen molar-refractivity contribution in [1.82, 2.24) is 0 Å². The van der Waals surface area contributed by atoms with E-state index in [1.807, 2.05) is 0 Å². The van der Waals surface area contributed by atoms with Crippen LogP contribution in [0.25, 0.3) is 0 Å². The molecular weight excluding hydrogens is 949 g/mol. The molecule has 6 heteroatoms. The minimum absolute atomic E-state index is 0.0951. The lowest BCUT2D eigenvalue weighted by molar-refractivity contribution is -0.167. The molecule has 0 saturated heterocycles. The average molecular weight is 1070 g/mol. The van der Waals surface area contributed by atoms with Gasteiger partial charge in [0.05, 0.1) is 0 Å².